The van der Waals surface area contributed by atoms with E-state index in [1.807, 2.05) is 30.5 Å². The van der Waals surface area contributed by atoms with Gasteiger partial charge in [-0.05, 0) is 42.9 Å². The SMILES string of the molecule is C[C@H]1CC[C@H](Cn2ccc3nc(C(=O)O)nc(-c4cccc(Cl)c4)c32)CC1. The number of benzene rings is 1. The van der Waals surface area contributed by atoms with E-state index in [9.17, 15) is 9.90 Å². The van der Waals surface area contributed by atoms with E-state index < -0.39 is 5.97 Å². The van der Waals surface area contributed by atoms with Gasteiger partial charge in [0.25, 0.3) is 0 Å². The Morgan fingerprint density at radius 1 is 1.22 bits per heavy atom. The molecule has 0 aliphatic heterocycles. The predicted octanol–water partition coefficient (Wildman–Crippen LogP) is 5.28. The number of nitrogens with zero attached hydrogens (tertiary/aromatic N) is 3. The molecule has 1 saturated carbocycles. The van der Waals surface area contributed by atoms with E-state index in [1.54, 1.807) is 6.07 Å². The summed E-state index contributed by atoms with van der Waals surface area (Å²) in [5.74, 6) is 0.116. The molecule has 0 unspecified atom stereocenters. The van der Waals surface area contributed by atoms with Crippen LogP contribution in [0.3, 0.4) is 0 Å². The monoisotopic (exact) mass is 383 g/mol. The van der Waals surface area contributed by atoms with Crippen molar-refractivity contribution in [2.24, 2.45) is 11.8 Å². The number of fused-ring (bicyclic) bond motifs is 1. The van der Waals surface area contributed by atoms with Crippen LogP contribution >= 0.6 is 11.6 Å². The number of aromatic nitrogens is 3. The zero-order valence-electron chi connectivity index (χ0n) is 15.2. The van der Waals surface area contributed by atoms with Gasteiger partial charge in [-0.3, -0.25) is 0 Å². The van der Waals surface area contributed by atoms with E-state index in [1.165, 1.54) is 25.7 Å². The second kappa shape index (κ2) is 7.31. The van der Waals surface area contributed by atoms with Gasteiger partial charge >= 0.3 is 5.97 Å². The lowest BCUT2D eigenvalue weighted by molar-refractivity contribution is 0.0684. The molecule has 2 heterocycles. The molecule has 3 aromatic rings. The van der Waals surface area contributed by atoms with Gasteiger partial charge in [0.15, 0.2) is 0 Å². The van der Waals surface area contributed by atoms with Gasteiger partial charge in [0.2, 0.25) is 5.82 Å². The molecule has 4 rings (SSSR count). The van der Waals surface area contributed by atoms with Crippen molar-refractivity contribution in [1.29, 1.82) is 0 Å². The Morgan fingerprint density at radius 2 is 2.00 bits per heavy atom. The second-order valence-electron chi connectivity index (χ2n) is 7.54. The number of hydrogen-bond acceptors (Lipinski definition) is 3. The van der Waals surface area contributed by atoms with Crippen LogP contribution in [-0.2, 0) is 6.54 Å². The number of carbonyl (C=O) groups is 1. The standard InChI is InChI=1S/C21H22ClN3O2/c1-13-5-7-14(8-6-13)12-25-10-9-17-19(25)18(24-20(23-17)21(26)27)15-3-2-4-16(22)11-15/h2-4,9-11,13-14H,5-8,12H2,1H3,(H,26,27)/t13-,14-. The minimum Gasteiger partial charge on any atom is -0.475 e. The fraction of sp³-hybridized carbons (Fsp3) is 0.381. The van der Waals surface area contributed by atoms with E-state index in [0.29, 0.717) is 22.2 Å². The smallest absolute Gasteiger partial charge is 0.373 e. The van der Waals surface area contributed by atoms with Crippen molar-refractivity contribution in [3.8, 4) is 11.3 Å². The summed E-state index contributed by atoms with van der Waals surface area (Å²) in [5, 5.41) is 10.00. The molecule has 0 saturated heterocycles. The number of rotatable bonds is 4. The maximum Gasteiger partial charge on any atom is 0.373 e. The van der Waals surface area contributed by atoms with Crippen molar-refractivity contribution in [2.75, 3.05) is 0 Å². The first-order chi connectivity index (χ1) is 13.0. The molecule has 0 amide bonds. The molecular formula is C21H22ClN3O2. The van der Waals surface area contributed by atoms with Crippen molar-refractivity contribution in [2.45, 2.75) is 39.2 Å². The van der Waals surface area contributed by atoms with Gasteiger partial charge in [0.1, 0.15) is 0 Å². The fourth-order valence-electron chi connectivity index (χ4n) is 3.98. The Labute approximate surface area is 163 Å². The summed E-state index contributed by atoms with van der Waals surface area (Å²) in [5.41, 5.74) is 2.95. The summed E-state index contributed by atoms with van der Waals surface area (Å²) in [6.45, 7) is 3.22. The maximum absolute atomic E-state index is 11.5. The molecule has 0 bridgehead atoms. The zero-order chi connectivity index (χ0) is 19.0. The number of hydrogen-bond donors (Lipinski definition) is 1. The molecule has 0 atom stereocenters. The first-order valence-electron chi connectivity index (χ1n) is 9.37. The molecule has 1 aliphatic rings. The van der Waals surface area contributed by atoms with E-state index in [4.69, 9.17) is 11.6 Å². The molecule has 2 aromatic heterocycles. The largest absolute Gasteiger partial charge is 0.475 e. The molecule has 1 aromatic carbocycles. The number of carboxylic acids is 1. The molecular weight excluding hydrogens is 362 g/mol. The number of halogens is 1. The van der Waals surface area contributed by atoms with E-state index in [0.717, 1.165) is 23.5 Å². The third-order valence-corrected chi connectivity index (χ3v) is 5.73. The van der Waals surface area contributed by atoms with Crippen LogP contribution in [0.1, 0.15) is 43.2 Å². The molecule has 0 spiro atoms. The van der Waals surface area contributed by atoms with Gasteiger partial charge in [-0.1, -0.05) is 43.5 Å². The first kappa shape index (κ1) is 18.0. The first-order valence-corrected chi connectivity index (χ1v) is 9.75. The van der Waals surface area contributed by atoms with Crippen LogP contribution in [0.5, 0.6) is 0 Å². The highest BCUT2D eigenvalue weighted by atomic mass is 35.5. The quantitative estimate of drug-likeness (QED) is 0.665. The van der Waals surface area contributed by atoms with Gasteiger partial charge in [0.05, 0.1) is 16.7 Å². The van der Waals surface area contributed by atoms with Crippen LogP contribution in [0, 0.1) is 11.8 Å². The van der Waals surface area contributed by atoms with Crippen LogP contribution in [0.25, 0.3) is 22.3 Å². The highest BCUT2D eigenvalue weighted by Crippen LogP contribution is 2.33. The molecule has 6 heteroatoms. The Balaban J connectivity index is 1.81. The summed E-state index contributed by atoms with van der Waals surface area (Å²) in [7, 11) is 0. The van der Waals surface area contributed by atoms with Crippen LogP contribution in [0.4, 0.5) is 0 Å². The van der Waals surface area contributed by atoms with Crippen molar-refractivity contribution in [3.05, 3.63) is 47.4 Å². The summed E-state index contributed by atoms with van der Waals surface area (Å²) in [6, 6.07) is 9.24. The molecule has 5 nitrogen and oxygen atoms in total. The van der Waals surface area contributed by atoms with Crippen molar-refractivity contribution < 1.29 is 9.90 Å². The van der Waals surface area contributed by atoms with E-state index >= 15 is 0 Å². The van der Waals surface area contributed by atoms with Crippen molar-refractivity contribution in [1.82, 2.24) is 14.5 Å². The summed E-state index contributed by atoms with van der Waals surface area (Å²) in [4.78, 5) is 20.1. The molecule has 0 radical (unpaired) electrons. The normalized spacial score (nSPS) is 20.1. The fourth-order valence-corrected chi connectivity index (χ4v) is 4.17. The second-order valence-corrected chi connectivity index (χ2v) is 7.98. The average Bonchev–Trinajstić information content (AvgIpc) is 3.05. The Bertz CT molecular complexity index is 990. The number of carboxylic acid groups (broad SMARTS) is 1. The number of aromatic carboxylic acids is 1. The Morgan fingerprint density at radius 3 is 2.70 bits per heavy atom. The molecule has 1 fully saturated rings. The predicted molar refractivity (Wildman–Crippen MR) is 106 cm³/mol. The molecule has 140 valence electrons. The van der Waals surface area contributed by atoms with Crippen LogP contribution in [0.2, 0.25) is 5.02 Å². The minimum atomic E-state index is -1.13. The third-order valence-electron chi connectivity index (χ3n) is 5.49. The van der Waals surface area contributed by atoms with E-state index in [-0.39, 0.29) is 5.82 Å². The maximum atomic E-state index is 11.5. The summed E-state index contributed by atoms with van der Waals surface area (Å²) in [6.07, 6.45) is 6.98. The minimum absolute atomic E-state index is 0.193. The van der Waals surface area contributed by atoms with Crippen LogP contribution in [0.15, 0.2) is 36.5 Å². The van der Waals surface area contributed by atoms with Crippen LogP contribution < -0.4 is 0 Å². The van der Waals surface area contributed by atoms with Crippen LogP contribution in [-0.4, -0.2) is 25.6 Å². The lowest BCUT2D eigenvalue weighted by Crippen LogP contribution is -2.17. The van der Waals surface area contributed by atoms with E-state index in [2.05, 4.69) is 21.5 Å². The molecule has 1 aliphatic carbocycles. The topological polar surface area (TPSA) is 68.0 Å². The zero-order valence-corrected chi connectivity index (χ0v) is 16.0. The van der Waals surface area contributed by atoms with Gasteiger partial charge in [-0.15, -0.1) is 0 Å². The third kappa shape index (κ3) is 3.69. The highest BCUT2D eigenvalue weighted by molar-refractivity contribution is 6.30. The Hall–Kier alpha value is -2.40. The average molecular weight is 384 g/mol. The molecule has 1 N–H and O–H groups in total. The highest BCUT2D eigenvalue weighted by Gasteiger charge is 2.22. The summed E-state index contributed by atoms with van der Waals surface area (Å²) < 4.78 is 2.18. The lowest BCUT2D eigenvalue weighted by Gasteiger charge is -2.26. The van der Waals surface area contributed by atoms with Gasteiger partial charge in [0, 0.05) is 23.3 Å². The Kier molecular flexibility index (Phi) is 4.87. The van der Waals surface area contributed by atoms with Crippen molar-refractivity contribution in [3.63, 3.8) is 0 Å². The van der Waals surface area contributed by atoms with Crippen molar-refractivity contribution >= 4 is 28.6 Å². The lowest BCUT2D eigenvalue weighted by atomic mass is 9.83. The van der Waals surface area contributed by atoms with Gasteiger partial charge in [-0.2, -0.15) is 0 Å². The molecule has 27 heavy (non-hydrogen) atoms. The van der Waals surface area contributed by atoms with Gasteiger partial charge in [-0.25, -0.2) is 14.8 Å². The van der Waals surface area contributed by atoms with Gasteiger partial charge < -0.3 is 9.67 Å². The summed E-state index contributed by atoms with van der Waals surface area (Å²) >= 11 is 6.16.